The molecule has 1 aromatic heterocycles. The summed E-state index contributed by atoms with van der Waals surface area (Å²) in [5.74, 6) is 1.15. The molecule has 1 saturated heterocycles. The van der Waals surface area contributed by atoms with Crippen molar-refractivity contribution >= 4 is 23.8 Å². The van der Waals surface area contributed by atoms with E-state index in [9.17, 15) is 9.59 Å². The minimum absolute atomic E-state index is 0.0377. The van der Waals surface area contributed by atoms with E-state index < -0.39 is 5.60 Å². The van der Waals surface area contributed by atoms with E-state index in [1.165, 1.54) is 11.8 Å². The van der Waals surface area contributed by atoms with Gasteiger partial charge in [0.15, 0.2) is 5.16 Å². The molecule has 2 heterocycles. The van der Waals surface area contributed by atoms with Gasteiger partial charge in [-0.05, 0) is 33.3 Å². The summed E-state index contributed by atoms with van der Waals surface area (Å²) in [6, 6.07) is 10.1. The number of nitrogens with zero attached hydrogens (tertiary/aromatic N) is 5. The minimum Gasteiger partial charge on any atom is -0.444 e. The Kier molecular flexibility index (Phi) is 7.02. The number of hydrogen-bond acceptors (Lipinski definition) is 6. The van der Waals surface area contributed by atoms with Gasteiger partial charge in [0.1, 0.15) is 11.4 Å². The van der Waals surface area contributed by atoms with Crippen molar-refractivity contribution in [3.05, 3.63) is 41.7 Å². The molecular weight excluding hydrogens is 402 g/mol. The number of benzene rings is 1. The third kappa shape index (κ3) is 5.98. The summed E-state index contributed by atoms with van der Waals surface area (Å²) < 4.78 is 7.43. The minimum atomic E-state index is -0.519. The molecule has 0 aliphatic carbocycles. The fraction of sp³-hybridized carbons (Fsp3) is 0.524. The van der Waals surface area contributed by atoms with E-state index in [0.29, 0.717) is 38.5 Å². The van der Waals surface area contributed by atoms with Gasteiger partial charge in [0, 0.05) is 26.2 Å². The second-order valence-corrected chi connectivity index (χ2v) is 9.18. The van der Waals surface area contributed by atoms with Gasteiger partial charge in [-0.1, -0.05) is 42.1 Å². The van der Waals surface area contributed by atoms with Crippen LogP contribution < -0.4 is 0 Å². The van der Waals surface area contributed by atoms with Crippen LogP contribution in [0.1, 0.15) is 32.2 Å². The molecule has 1 aliphatic heterocycles. The third-order valence-electron chi connectivity index (χ3n) is 4.69. The predicted octanol–water partition coefficient (Wildman–Crippen LogP) is 2.81. The largest absolute Gasteiger partial charge is 0.444 e. The van der Waals surface area contributed by atoms with Gasteiger partial charge in [-0.25, -0.2) is 4.79 Å². The molecule has 2 amide bonds. The second kappa shape index (κ2) is 9.51. The van der Waals surface area contributed by atoms with E-state index >= 15 is 0 Å². The van der Waals surface area contributed by atoms with Gasteiger partial charge in [-0.3, -0.25) is 4.79 Å². The average molecular weight is 432 g/mol. The normalized spacial score (nSPS) is 14.7. The zero-order chi connectivity index (χ0) is 21.7. The Morgan fingerprint density at radius 3 is 2.30 bits per heavy atom. The number of aryl methyl sites for hydroxylation is 1. The molecule has 0 N–H and O–H groups in total. The zero-order valence-electron chi connectivity index (χ0n) is 18.0. The van der Waals surface area contributed by atoms with Crippen LogP contribution in [-0.4, -0.2) is 74.1 Å². The molecule has 0 radical (unpaired) electrons. The molecule has 0 bridgehead atoms. The lowest BCUT2D eigenvalue weighted by atomic mass is 10.2. The highest BCUT2D eigenvalue weighted by molar-refractivity contribution is 7.99. The highest BCUT2D eigenvalue weighted by Gasteiger charge is 2.27. The van der Waals surface area contributed by atoms with Gasteiger partial charge in [0.2, 0.25) is 5.91 Å². The van der Waals surface area contributed by atoms with Crippen LogP contribution in [0.5, 0.6) is 0 Å². The van der Waals surface area contributed by atoms with Crippen molar-refractivity contribution in [1.82, 2.24) is 24.6 Å². The summed E-state index contributed by atoms with van der Waals surface area (Å²) in [5.41, 5.74) is 0.640. The molecule has 1 fully saturated rings. The SMILES string of the molecule is Cc1nnc(SCC(=O)N2CCN(C(=O)OC(C)(C)C)CC2)n1Cc1ccccc1. The van der Waals surface area contributed by atoms with Crippen LogP contribution in [-0.2, 0) is 16.1 Å². The molecule has 0 spiro atoms. The van der Waals surface area contributed by atoms with Crippen molar-refractivity contribution in [2.24, 2.45) is 0 Å². The number of hydrogen-bond donors (Lipinski definition) is 0. The molecule has 0 atom stereocenters. The van der Waals surface area contributed by atoms with Gasteiger partial charge in [0.25, 0.3) is 0 Å². The van der Waals surface area contributed by atoms with Crippen molar-refractivity contribution in [2.75, 3.05) is 31.9 Å². The molecule has 9 heteroatoms. The molecule has 1 aliphatic rings. The molecule has 3 rings (SSSR count). The van der Waals surface area contributed by atoms with Crippen LogP contribution >= 0.6 is 11.8 Å². The standard InChI is InChI=1S/C21H29N5O3S/c1-16-22-23-19(26(16)14-17-8-6-5-7-9-17)30-15-18(27)24-10-12-25(13-11-24)20(28)29-21(2,3)4/h5-9H,10-15H2,1-4H3. The van der Waals surface area contributed by atoms with Crippen LogP contribution in [0.15, 0.2) is 35.5 Å². The monoisotopic (exact) mass is 431 g/mol. The van der Waals surface area contributed by atoms with Gasteiger partial charge in [0.05, 0.1) is 12.3 Å². The Balaban J connectivity index is 1.51. The Bertz CT molecular complexity index is 871. The maximum atomic E-state index is 12.7. The summed E-state index contributed by atoms with van der Waals surface area (Å²) in [6.45, 7) is 10.1. The number of rotatable bonds is 5. The Morgan fingerprint density at radius 2 is 1.67 bits per heavy atom. The van der Waals surface area contributed by atoms with Crippen molar-refractivity contribution in [2.45, 2.75) is 45.0 Å². The predicted molar refractivity (Wildman–Crippen MR) is 115 cm³/mol. The van der Waals surface area contributed by atoms with Crippen molar-refractivity contribution in [3.63, 3.8) is 0 Å². The van der Waals surface area contributed by atoms with Crippen LogP contribution in [0.3, 0.4) is 0 Å². The lowest BCUT2D eigenvalue weighted by Gasteiger charge is -2.35. The van der Waals surface area contributed by atoms with Crippen LogP contribution in [0.25, 0.3) is 0 Å². The Labute approximate surface area is 181 Å². The molecular formula is C21H29N5O3S. The van der Waals surface area contributed by atoms with Gasteiger partial charge >= 0.3 is 6.09 Å². The summed E-state index contributed by atoms with van der Waals surface area (Å²) in [4.78, 5) is 28.3. The van der Waals surface area contributed by atoms with Crippen LogP contribution in [0.4, 0.5) is 4.79 Å². The Hall–Kier alpha value is -2.55. The number of thioether (sulfide) groups is 1. The topological polar surface area (TPSA) is 80.6 Å². The number of ether oxygens (including phenoxy) is 1. The maximum Gasteiger partial charge on any atom is 0.410 e. The summed E-state index contributed by atoms with van der Waals surface area (Å²) >= 11 is 1.40. The molecule has 30 heavy (non-hydrogen) atoms. The zero-order valence-corrected chi connectivity index (χ0v) is 18.8. The Morgan fingerprint density at radius 1 is 1.03 bits per heavy atom. The quantitative estimate of drug-likeness (QED) is 0.677. The number of carbonyl (C=O) groups is 2. The molecule has 1 aromatic carbocycles. The molecule has 2 aromatic rings. The first kappa shape index (κ1) is 22.1. The summed E-state index contributed by atoms with van der Waals surface area (Å²) in [7, 11) is 0. The van der Waals surface area contributed by atoms with E-state index in [1.807, 2.05) is 50.5 Å². The van der Waals surface area contributed by atoms with E-state index in [2.05, 4.69) is 22.3 Å². The molecule has 162 valence electrons. The van der Waals surface area contributed by atoms with Crippen molar-refractivity contribution < 1.29 is 14.3 Å². The van der Waals surface area contributed by atoms with Gasteiger partial charge < -0.3 is 19.1 Å². The first-order valence-electron chi connectivity index (χ1n) is 10.0. The van der Waals surface area contributed by atoms with Crippen LogP contribution in [0.2, 0.25) is 0 Å². The number of aromatic nitrogens is 3. The number of piperazine rings is 1. The fourth-order valence-corrected chi connectivity index (χ4v) is 3.99. The molecule has 0 unspecified atom stereocenters. The first-order chi connectivity index (χ1) is 14.2. The van der Waals surface area contributed by atoms with Crippen LogP contribution in [0, 0.1) is 6.92 Å². The number of carbonyl (C=O) groups excluding carboxylic acids is 2. The lowest BCUT2D eigenvalue weighted by Crippen LogP contribution is -2.52. The first-order valence-corrected chi connectivity index (χ1v) is 11.0. The highest BCUT2D eigenvalue weighted by Crippen LogP contribution is 2.20. The van der Waals surface area contributed by atoms with Crippen molar-refractivity contribution in [3.8, 4) is 0 Å². The highest BCUT2D eigenvalue weighted by atomic mass is 32.2. The van der Waals surface area contributed by atoms with E-state index in [4.69, 9.17) is 4.74 Å². The smallest absolute Gasteiger partial charge is 0.410 e. The maximum absolute atomic E-state index is 12.7. The van der Waals surface area contributed by atoms with Gasteiger partial charge in [-0.15, -0.1) is 10.2 Å². The number of amides is 2. The molecule has 8 nitrogen and oxygen atoms in total. The van der Waals surface area contributed by atoms with E-state index in [-0.39, 0.29) is 12.0 Å². The third-order valence-corrected chi connectivity index (χ3v) is 5.65. The fourth-order valence-electron chi connectivity index (χ4n) is 3.10. The van der Waals surface area contributed by atoms with Crippen molar-refractivity contribution in [1.29, 1.82) is 0 Å². The van der Waals surface area contributed by atoms with E-state index in [0.717, 1.165) is 16.5 Å². The van der Waals surface area contributed by atoms with E-state index in [1.54, 1.807) is 9.80 Å². The second-order valence-electron chi connectivity index (χ2n) is 8.24. The summed E-state index contributed by atoms with van der Waals surface area (Å²) in [6.07, 6.45) is -0.325. The lowest BCUT2D eigenvalue weighted by molar-refractivity contribution is -0.130. The summed E-state index contributed by atoms with van der Waals surface area (Å²) in [5, 5.41) is 9.14. The molecule has 0 saturated carbocycles. The van der Waals surface area contributed by atoms with Gasteiger partial charge in [-0.2, -0.15) is 0 Å². The average Bonchev–Trinajstić information content (AvgIpc) is 3.05.